The zero-order chi connectivity index (χ0) is 7.56. The second-order valence-electron chi connectivity index (χ2n) is 2.47. The number of rotatable bonds is 1. The number of aromatic nitrogens is 2. The van der Waals surface area contributed by atoms with Gasteiger partial charge < -0.3 is 4.90 Å². The molecule has 0 unspecified atom stereocenters. The van der Waals surface area contributed by atoms with E-state index in [-0.39, 0.29) is 0 Å². The number of hydrogen-bond acceptors (Lipinski definition) is 2. The Balaban J connectivity index is 2.96. The van der Waals surface area contributed by atoms with Crippen molar-refractivity contribution >= 4 is 5.82 Å². The van der Waals surface area contributed by atoms with Gasteiger partial charge in [-0.3, -0.25) is 0 Å². The van der Waals surface area contributed by atoms with Gasteiger partial charge in [-0.25, -0.2) is 9.55 Å². The van der Waals surface area contributed by atoms with Gasteiger partial charge in [0.25, 0.3) is 0 Å². The SMILES string of the molecule is CN(C)c1c[n+](C)ccn1. The van der Waals surface area contributed by atoms with Gasteiger partial charge in [0.1, 0.15) is 7.05 Å². The van der Waals surface area contributed by atoms with Gasteiger partial charge in [-0.05, 0) is 0 Å². The van der Waals surface area contributed by atoms with Gasteiger partial charge in [0.15, 0.2) is 12.0 Å². The first-order valence-electron chi connectivity index (χ1n) is 3.19. The summed E-state index contributed by atoms with van der Waals surface area (Å²) < 4.78 is 1.97. The number of nitrogens with zero attached hydrogens (tertiary/aromatic N) is 3. The average Bonchev–Trinajstić information content (AvgIpc) is 1.88. The van der Waals surface area contributed by atoms with E-state index in [9.17, 15) is 0 Å². The molecule has 0 aliphatic heterocycles. The number of anilines is 1. The Bertz CT molecular complexity index is 220. The predicted molar refractivity (Wildman–Crippen MR) is 39.7 cm³/mol. The lowest BCUT2D eigenvalue weighted by Gasteiger charge is -2.07. The highest BCUT2D eigenvalue weighted by molar-refractivity contribution is 5.29. The lowest BCUT2D eigenvalue weighted by atomic mass is 10.6. The van der Waals surface area contributed by atoms with Gasteiger partial charge in [0, 0.05) is 14.1 Å². The van der Waals surface area contributed by atoms with E-state index >= 15 is 0 Å². The third-order valence-corrected chi connectivity index (χ3v) is 1.29. The van der Waals surface area contributed by atoms with Crippen LogP contribution < -0.4 is 9.47 Å². The van der Waals surface area contributed by atoms with E-state index in [0.29, 0.717) is 0 Å². The van der Waals surface area contributed by atoms with Crippen LogP contribution in [0.2, 0.25) is 0 Å². The van der Waals surface area contributed by atoms with Crippen molar-refractivity contribution in [2.75, 3.05) is 19.0 Å². The molecule has 0 atom stereocenters. The minimum absolute atomic E-state index is 0.977. The zero-order valence-corrected chi connectivity index (χ0v) is 6.57. The van der Waals surface area contributed by atoms with Gasteiger partial charge in [-0.15, -0.1) is 0 Å². The van der Waals surface area contributed by atoms with E-state index in [2.05, 4.69) is 4.98 Å². The molecule has 0 spiro atoms. The van der Waals surface area contributed by atoms with Crippen molar-refractivity contribution in [1.29, 1.82) is 0 Å². The van der Waals surface area contributed by atoms with Crippen LogP contribution in [0.3, 0.4) is 0 Å². The molecule has 3 nitrogen and oxygen atoms in total. The highest BCUT2D eigenvalue weighted by atomic mass is 15.1. The summed E-state index contributed by atoms with van der Waals surface area (Å²) in [5, 5.41) is 0. The first-order chi connectivity index (χ1) is 4.70. The number of hydrogen-bond donors (Lipinski definition) is 0. The van der Waals surface area contributed by atoms with Crippen LogP contribution in [0.5, 0.6) is 0 Å². The summed E-state index contributed by atoms with van der Waals surface area (Å²) in [5.74, 6) is 0.977. The predicted octanol–water partition coefficient (Wildman–Crippen LogP) is -0.0279. The molecule has 0 bridgehead atoms. The maximum Gasteiger partial charge on any atom is 0.211 e. The van der Waals surface area contributed by atoms with Crippen LogP contribution in [-0.4, -0.2) is 19.1 Å². The summed E-state index contributed by atoms with van der Waals surface area (Å²) in [6.45, 7) is 0. The lowest BCUT2D eigenvalue weighted by molar-refractivity contribution is -0.671. The van der Waals surface area contributed by atoms with E-state index in [0.717, 1.165) is 5.82 Å². The standard InChI is InChI=1S/C7H12N3/c1-9(2)7-6-10(3)5-4-8-7/h4-6H,1-3H3/q+1. The van der Waals surface area contributed by atoms with Crippen molar-refractivity contribution in [2.24, 2.45) is 7.05 Å². The molecule has 0 aliphatic rings. The lowest BCUT2D eigenvalue weighted by Crippen LogP contribution is -2.28. The molecule has 0 aliphatic carbocycles. The molecule has 0 radical (unpaired) electrons. The molecule has 54 valence electrons. The van der Waals surface area contributed by atoms with Gasteiger partial charge in [0.2, 0.25) is 6.20 Å². The molecule has 0 aromatic carbocycles. The molecule has 0 saturated heterocycles. The van der Waals surface area contributed by atoms with Gasteiger partial charge in [0.05, 0.1) is 6.20 Å². The maximum absolute atomic E-state index is 4.14. The first kappa shape index (κ1) is 6.99. The van der Waals surface area contributed by atoms with Crippen LogP contribution in [0.4, 0.5) is 5.82 Å². The Kier molecular flexibility index (Phi) is 1.85. The molecular formula is C7H12N3+. The highest BCUT2D eigenvalue weighted by Crippen LogP contribution is 1.98. The van der Waals surface area contributed by atoms with Gasteiger partial charge in [-0.1, -0.05) is 0 Å². The Morgan fingerprint density at radius 3 is 2.60 bits per heavy atom. The Morgan fingerprint density at radius 2 is 2.20 bits per heavy atom. The quantitative estimate of drug-likeness (QED) is 0.508. The number of aryl methyl sites for hydroxylation is 1. The molecule has 1 aromatic heterocycles. The van der Waals surface area contributed by atoms with E-state index in [1.54, 1.807) is 6.20 Å². The molecule has 0 amide bonds. The smallest absolute Gasteiger partial charge is 0.211 e. The van der Waals surface area contributed by atoms with Crippen LogP contribution in [-0.2, 0) is 7.05 Å². The Hall–Kier alpha value is -1.12. The maximum atomic E-state index is 4.14. The fraction of sp³-hybridized carbons (Fsp3) is 0.429. The minimum Gasteiger partial charge on any atom is -0.358 e. The van der Waals surface area contributed by atoms with Crippen molar-refractivity contribution < 1.29 is 4.57 Å². The first-order valence-corrected chi connectivity index (χ1v) is 3.19. The van der Waals surface area contributed by atoms with Crippen molar-refractivity contribution in [3.8, 4) is 0 Å². The van der Waals surface area contributed by atoms with Crippen LogP contribution in [0.1, 0.15) is 0 Å². The van der Waals surface area contributed by atoms with E-state index < -0.39 is 0 Å². The molecule has 3 heteroatoms. The van der Waals surface area contributed by atoms with Crippen LogP contribution in [0.15, 0.2) is 18.6 Å². The Labute approximate surface area is 60.9 Å². The fourth-order valence-electron chi connectivity index (χ4n) is 0.704. The van der Waals surface area contributed by atoms with Crippen molar-refractivity contribution in [3.63, 3.8) is 0 Å². The van der Waals surface area contributed by atoms with E-state index in [4.69, 9.17) is 0 Å². The van der Waals surface area contributed by atoms with Crippen LogP contribution >= 0.6 is 0 Å². The van der Waals surface area contributed by atoms with Crippen molar-refractivity contribution in [3.05, 3.63) is 18.6 Å². The molecule has 0 fully saturated rings. The topological polar surface area (TPSA) is 20.0 Å². The molecule has 10 heavy (non-hydrogen) atoms. The molecular weight excluding hydrogens is 126 g/mol. The van der Waals surface area contributed by atoms with Crippen molar-refractivity contribution in [2.45, 2.75) is 0 Å². The Morgan fingerprint density at radius 1 is 1.50 bits per heavy atom. The summed E-state index contributed by atoms with van der Waals surface area (Å²) in [6.07, 6.45) is 5.67. The summed E-state index contributed by atoms with van der Waals surface area (Å²) >= 11 is 0. The van der Waals surface area contributed by atoms with Crippen LogP contribution in [0, 0.1) is 0 Å². The molecule has 1 rings (SSSR count). The normalized spacial score (nSPS) is 9.50. The zero-order valence-electron chi connectivity index (χ0n) is 6.57. The second kappa shape index (κ2) is 2.64. The average molecular weight is 138 g/mol. The second-order valence-corrected chi connectivity index (χ2v) is 2.47. The summed E-state index contributed by atoms with van der Waals surface area (Å²) in [4.78, 5) is 6.12. The summed E-state index contributed by atoms with van der Waals surface area (Å²) in [7, 11) is 5.93. The van der Waals surface area contributed by atoms with Gasteiger partial charge >= 0.3 is 0 Å². The minimum atomic E-state index is 0.977. The molecule has 1 aromatic rings. The third-order valence-electron chi connectivity index (χ3n) is 1.29. The fourth-order valence-corrected chi connectivity index (χ4v) is 0.704. The molecule has 1 heterocycles. The van der Waals surface area contributed by atoms with E-state index in [1.165, 1.54) is 0 Å². The largest absolute Gasteiger partial charge is 0.358 e. The summed E-state index contributed by atoms with van der Waals surface area (Å²) in [5.41, 5.74) is 0. The monoisotopic (exact) mass is 138 g/mol. The van der Waals surface area contributed by atoms with Gasteiger partial charge in [-0.2, -0.15) is 0 Å². The van der Waals surface area contributed by atoms with Crippen LogP contribution in [0.25, 0.3) is 0 Å². The molecule has 0 saturated carbocycles. The highest BCUT2D eigenvalue weighted by Gasteiger charge is 1.99. The van der Waals surface area contributed by atoms with Crippen molar-refractivity contribution in [1.82, 2.24) is 4.98 Å². The van der Waals surface area contributed by atoms with E-state index in [1.807, 2.05) is 43.0 Å². The third kappa shape index (κ3) is 1.43. The molecule has 0 N–H and O–H groups in total. The summed E-state index contributed by atoms with van der Waals surface area (Å²) in [6, 6.07) is 0.